The normalized spacial score (nSPS) is 9.25. The predicted octanol–water partition coefficient (Wildman–Crippen LogP) is 1.64. The quantitative estimate of drug-likeness (QED) is 0.771. The molecule has 12 heavy (non-hydrogen) atoms. The molecular weight excluding hydrogens is 174 g/mol. The molecule has 1 rings (SSSR count). The highest BCUT2D eigenvalue weighted by atomic mass is 32.1. The van der Waals surface area contributed by atoms with Crippen LogP contribution in [0.5, 0.6) is 0 Å². The van der Waals surface area contributed by atoms with E-state index in [9.17, 15) is 4.79 Å². The monoisotopic (exact) mass is 181 g/mol. The number of aliphatic carboxylic acids is 1. The Kier molecular flexibility index (Phi) is 2.83. The molecule has 3 nitrogen and oxygen atoms in total. The van der Waals surface area contributed by atoms with E-state index in [1.165, 1.54) is 11.3 Å². The number of nitriles is 1. The average Bonchev–Trinajstić information content (AvgIpc) is 2.48. The van der Waals surface area contributed by atoms with Gasteiger partial charge in [-0.05, 0) is 23.4 Å². The van der Waals surface area contributed by atoms with Gasteiger partial charge in [0.05, 0.1) is 0 Å². The molecular formula is C8H7NO2S. The van der Waals surface area contributed by atoms with Crippen molar-refractivity contribution in [2.45, 2.75) is 12.8 Å². The molecule has 0 spiro atoms. The van der Waals surface area contributed by atoms with Crippen LogP contribution in [0.4, 0.5) is 0 Å². The zero-order valence-electron chi connectivity index (χ0n) is 6.28. The summed E-state index contributed by atoms with van der Waals surface area (Å²) in [4.78, 5) is 10.8. The number of nitrogens with zero attached hydrogens (tertiary/aromatic N) is 1. The Balaban J connectivity index is 2.54. The van der Waals surface area contributed by atoms with Gasteiger partial charge in [-0.15, -0.1) is 11.3 Å². The minimum atomic E-state index is -0.806. The van der Waals surface area contributed by atoms with Gasteiger partial charge in [0.2, 0.25) is 0 Å². The Morgan fingerprint density at radius 1 is 1.75 bits per heavy atom. The van der Waals surface area contributed by atoms with Crippen LogP contribution in [0.25, 0.3) is 0 Å². The summed E-state index contributed by atoms with van der Waals surface area (Å²) in [7, 11) is 0. The van der Waals surface area contributed by atoms with Crippen molar-refractivity contribution < 1.29 is 9.90 Å². The highest BCUT2D eigenvalue weighted by Crippen LogP contribution is 2.14. The minimum Gasteiger partial charge on any atom is -0.481 e. The van der Waals surface area contributed by atoms with Crippen LogP contribution in [0.2, 0.25) is 0 Å². The van der Waals surface area contributed by atoms with Crippen LogP contribution in [0.15, 0.2) is 11.4 Å². The molecule has 1 aromatic rings. The molecule has 0 saturated carbocycles. The van der Waals surface area contributed by atoms with Gasteiger partial charge in [0, 0.05) is 6.42 Å². The number of carbonyl (C=O) groups is 1. The molecule has 1 heterocycles. The van der Waals surface area contributed by atoms with E-state index >= 15 is 0 Å². The van der Waals surface area contributed by atoms with Crippen LogP contribution >= 0.6 is 11.3 Å². The van der Waals surface area contributed by atoms with Crippen LogP contribution in [-0.2, 0) is 11.2 Å². The summed E-state index contributed by atoms with van der Waals surface area (Å²) in [6, 6.07) is 3.74. The highest BCUT2D eigenvalue weighted by molar-refractivity contribution is 7.10. The lowest BCUT2D eigenvalue weighted by molar-refractivity contribution is -0.136. The van der Waals surface area contributed by atoms with Gasteiger partial charge < -0.3 is 5.11 Å². The second kappa shape index (κ2) is 3.88. The largest absolute Gasteiger partial charge is 0.481 e. The van der Waals surface area contributed by atoms with Gasteiger partial charge in [0.25, 0.3) is 0 Å². The number of hydrogen-bond acceptors (Lipinski definition) is 3. The summed E-state index contributed by atoms with van der Waals surface area (Å²) in [6.45, 7) is 0. The molecule has 0 saturated heterocycles. The third-order valence-electron chi connectivity index (χ3n) is 1.39. The Bertz CT molecular complexity index is 324. The molecule has 0 amide bonds. The summed E-state index contributed by atoms with van der Waals surface area (Å²) >= 11 is 1.35. The van der Waals surface area contributed by atoms with Gasteiger partial charge in [-0.3, -0.25) is 4.79 Å². The Labute approximate surface area is 73.9 Å². The molecule has 4 heteroatoms. The van der Waals surface area contributed by atoms with Crippen molar-refractivity contribution >= 4 is 17.3 Å². The molecule has 1 aromatic heterocycles. The van der Waals surface area contributed by atoms with Gasteiger partial charge in [0.1, 0.15) is 10.9 Å². The standard InChI is InChI=1S/C8H7NO2S/c9-4-7-3-6(5-12-7)1-2-8(10)11/h3,5H,1-2H2,(H,10,11). The van der Waals surface area contributed by atoms with E-state index in [1.54, 1.807) is 6.07 Å². The van der Waals surface area contributed by atoms with Crippen molar-refractivity contribution in [1.82, 2.24) is 0 Å². The van der Waals surface area contributed by atoms with E-state index in [4.69, 9.17) is 10.4 Å². The molecule has 0 bridgehead atoms. The lowest BCUT2D eigenvalue weighted by Gasteiger charge is -1.90. The molecule has 0 radical (unpaired) electrons. The molecule has 0 aliphatic heterocycles. The van der Waals surface area contributed by atoms with Gasteiger partial charge in [-0.2, -0.15) is 5.26 Å². The highest BCUT2D eigenvalue weighted by Gasteiger charge is 2.01. The maximum absolute atomic E-state index is 10.2. The number of rotatable bonds is 3. The van der Waals surface area contributed by atoms with E-state index in [2.05, 4.69) is 0 Å². The molecule has 0 aromatic carbocycles. The van der Waals surface area contributed by atoms with Crippen LogP contribution in [0, 0.1) is 11.3 Å². The smallest absolute Gasteiger partial charge is 0.303 e. The fourth-order valence-corrected chi connectivity index (χ4v) is 1.55. The summed E-state index contributed by atoms with van der Waals surface area (Å²) in [5.74, 6) is -0.806. The van der Waals surface area contributed by atoms with Crippen LogP contribution in [0.3, 0.4) is 0 Å². The second-order valence-electron chi connectivity index (χ2n) is 2.32. The number of hydrogen-bond donors (Lipinski definition) is 1. The number of carboxylic acids is 1. The minimum absolute atomic E-state index is 0.127. The van der Waals surface area contributed by atoms with Crippen molar-refractivity contribution in [2.75, 3.05) is 0 Å². The van der Waals surface area contributed by atoms with E-state index in [-0.39, 0.29) is 6.42 Å². The molecule has 1 N–H and O–H groups in total. The molecule has 0 fully saturated rings. The molecule has 0 aliphatic carbocycles. The summed E-state index contributed by atoms with van der Waals surface area (Å²) in [5.41, 5.74) is 0.930. The zero-order chi connectivity index (χ0) is 8.97. The first-order valence-corrected chi connectivity index (χ1v) is 4.29. The fraction of sp³-hybridized carbons (Fsp3) is 0.250. The van der Waals surface area contributed by atoms with Gasteiger partial charge in [-0.1, -0.05) is 0 Å². The summed E-state index contributed by atoms with van der Waals surface area (Å²) in [5, 5.41) is 18.7. The Hall–Kier alpha value is -1.34. The van der Waals surface area contributed by atoms with Crippen molar-refractivity contribution in [3.05, 3.63) is 21.9 Å². The summed E-state index contributed by atoms with van der Waals surface area (Å²) in [6.07, 6.45) is 0.634. The first-order chi connectivity index (χ1) is 5.72. The van der Waals surface area contributed by atoms with Gasteiger partial charge in [-0.25, -0.2) is 0 Å². The first kappa shape index (κ1) is 8.75. The molecule has 0 unspecified atom stereocenters. The van der Waals surface area contributed by atoms with E-state index in [0.717, 1.165) is 5.56 Å². The van der Waals surface area contributed by atoms with Crippen molar-refractivity contribution in [2.24, 2.45) is 0 Å². The van der Waals surface area contributed by atoms with Crippen LogP contribution in [0.1, 0.15) is 16.9 Å². The van der Waals surface area contributed by atoms with Crippen LogP contribution < -0.4 is 0 Å². The van der Waals surface area contributed by atoms with Crippen molar-refractivity contribution in [3.63, 3.8) is 0 Å². The maximum atomic E-state index is 10.2. The van der Waals surface area contributed by atoms with Crippen LogP contribution in [-0.4, -0.2) is 11.1 Å². The zero-order valence-corrected chi connectivity index (χ0v) is 7.10. The number of carboxylic acid groups (broad SMARTS) is 1. The predicted molar refractivity (Wildman–Crippen MR) is 45.0 cm³/mol. The number of thiophene rings is 1. The lowest BCUT2D eigenvalue weighted by atomic mass is 10.2. The van der Waals surface area contributed by atoms with E-state index in [1.807, 2.05) is 11.4 Å². The average molecular weight is 181 g/mol. The number of aryl methyl sites for hydroxylation is 1. The molecule has 62 valence electrons. The maximum Gasteiger partial charge on any atom is 0.303 e. The topological polar surface area (TPSA) is 61.1 Å². The third-order valence-corrected chi connectivity index (χ3v) is 2.28. The van der Waals surface area contributed by atoms with Gasteiger partial charge >= 0.3 is 5.97 Å². The lowest BCUT2D eigenvalue weighted by Crippen LogP contribution is -1.95. The molecule has 0 aliphatic rings. The second-order valence-corrected chi connectivity index (χ2v) is 3.24. The Morgan fingerprint density at radius 3 is 3.00 bits per heavy atom. The fourth-order valence-electron chi connectivity index (χ4n) is 0.817. The van der Waals surface area contributed by atoms with E-state index in [0.29, 0.717) is 11.3 Å². The van der Waals surface area contributed by atoms with E-state index < -0.39 is 5.97 Å². The van der Waals surface area contributed by atoms with Gasteiger partial charge in [0.15, 0.2) is 0 Å². The summed E-state index contributed by atoms with van der Waals surface area (Å²) < 4.78 is 0. The Morgan fingerprint density at radius 2 is 2.50 bits per heavy atom. The SMILES string of the molecule is N#Cc1cc(CCC(=O)O)cs1. The van der Waals surface area contributed by atoms with Crippen molar-refractivity contribution in [1.29, 1.82) is 5.26 Å². The third kappa shape index (κ3) is 2.36. The molecule has 0 atom stereocenters. The first-order valence-electron chi connectivity index (χ1n) is 3.41. The van der Waals surface area contributed by atoms with Crippen molar-refractivity contribution in [3.8, 4) is 6.07 Å².